The molecule has 0 bridgehead atoms. The average molecular weight is 690 g/mol. The number of likely N-dealkylation sites (tertiary alicyclic amines) is 1. The summed E-state index contributed by atoms with van der Waals surface area (Å²) >= 11 is 17.0. The lowest BCUT2D eigenvalue weighted by Crippen LogP contribution is -2.50. The van der Waals surface area contributed by atoms with Crippen LogP contribution in [-0.4, -0.2) is 64.4 Å². The predicted octanol–water partition coefficient (Wildman–Crippen LogP) is 6.46. The van der Waals surface area contributed by atoms with Crippen LogP contribution in [0.2, 0.25) is 0 Å². The normalized spacial score (nSPS) is 25.1. The molecule has 3 aromatic carbocycles. The summed E-state index contributed by atoms with van der Waals surface area (Å²) in [6, 6.07) is 24.0. The highest BCUT2D eigenvalue weighted by Crippen LogP contribution is 2.43. The molecule has 0 saturated carbocycles. The van der Waals surface area contributed by atoms with E-state index in [2.05, 4.69) is 17.1 Å². The third kappa shape index (κ3) is 7.89. The van der Waals surface area contributed by atoms with Gasteiger partial charge in [0, 0.05) is 50.5 Å². The largest absolute Gasteiger partial charge is 0.392 e. The number of aliphatic hydroxyl groups excluding tert-OH is 1. The standard InChI is InChI=1S/C35H39Cl3N2O6/c1-23-30(21-40-15-13-34(14-16-40)43-17-18-44-34)45-32(46-31(23)27-7-5-24(22-41)6-8-27)28-11-9-26(10-12-28)29-4-2-3-25(19-29)20-39-33(42)35(36,37)38/h2-12,19,23,30-32,41H,13-18,20-22H2,1H3,(H,39,42)/t23-,30+,31+,32+/m0/s1. The number of benzene rings is 3. The zero-order valence-corrected chi connectivity index (χ0v) is 27.9. The first-order valence-corrected chi connectivity index (χ1v) is 16.8. The van der Waals surface area contributed by atoms with Gasteiger partial charge >= 0.3 is 0 Å². The third-order valence-corrected chi connectivity index (χ3v) is 9.66. The molecule has 0 radical (unpaired) electrons. The second-order valence-electron chi connectivity index (χ2n) is 12.2. The summed E-state index contributed by atoms with van der Waals surface area (Å²) in [6.45, 7) is 6.30. The van der Waals surface area contributed by atoms with Gasteiger partial charge in [-0.25, -0.2) is 0 Å². The van der Waals surface area contributed by atoms with Crippen molar-refractivity contribution < 1.29 is 28.8 Å². The molecular formula is C35H39Cl3N2O6. The molecular weight excluding hydrogens is 651 g/mol. The van der Waals surface area contributed by atoms with Gasteiger partial charge in [-0.3, -0.25) is 4.79 Å². The number of ether oxygens (including phenoxy) is 4. The lowest BCUT2D eigenvalue weighted by atomic mass is 9.89. The number of nitrogens with one attached hydrogen (secondary N) is 1. The summed E-state index contributed by atoms with van der Waals surface area (Å²) in [4.78, 5) is 14.4. The summed E-state index contributed by atoms with van der Waals surface area (Å²) in [5.74, 6) is -0.996. The van der Waals surface area contributed by atoms with Crippen molar-refractivity contribution in [3.8, 4) is 11.1 Å². The smallest absolute Gasteiger partial charge is 0.272 e. The zero-order chi connectivity index (χ0) is 32.3. The average Bonchev–Trinajstić information content (AvgIpc) is 3.53. The fraction of sp³-hybridized carbons (Fsp3) is 0.457. The molecule has 0 aliphatic carbocycles. The summed E-state index contributed by atoms with van der Waals surface area (Å²) in [6.07, 6.45) is 0.886. The van der Waals surface area contributed by atoms with Crippen LogP contribution in [0.4, 0.5) is 0 Å². The van der Waals surface area contributed by atoms with Gasteiger partial charge in [0.25, 0.3) is 9.70 Å². The second-order valence-corrected chi connectivity index (χ2v) is 14.5. The first-order chi connectivity index (χ1) is 22.1. The molecule has 4 atom stereocenters. The molecule has 0 unspecified atom stereocenters. The van der Waals surface area contributed by atoms with Crippen molar-refractivity contribution >= 4 is 40.7 Å². The van der Waals surface area contributed by atoms with Crippen LogP contribution in [-0.2, 0) is 36.9 Å². The molecule has 3 saturated heterocycles. The molecule has 3 aliphatic heterocycles. The number of aliphatic hydroxyl groups is 1. The Morgan fingerprint density at radius 3 is 2.24 bits per heavy atom. The van der Waals surface area contributed by atoms with E-state index in [4.69, 9.17) is 53.8 Å². The van der Waals surface area contributed by atoms with Crippen molar-refractivity contribution in [3.63, 3.8) is 0 Å². The first kappa shape index (κ1) is 33.7. The molecule has 2 N–H and O–H groups in total. The monoisotopic (exact) mass is 688 g/mol. The number of hydrogen-bond donors (Lipinski definition) is 2. The van der Waals surface area contributed by atoms with Gasteiger partial charge in [-0.1, -0.05) is 108 Å². The van der Waals surface area contributed by atoms with Gasteiger partial charge in [-0.2, -0.15) is 0 Å². The molecule has 1 amide bonds. The van der Waals surface area contributed by atoms with E-state index in [0.29, 0.717) is 13.2 Å². The summed E-state index contributed by atoms with van der Waals surface area (Å²) < 4.78 is 23.3. The molecule has 3 fully saturated rings. The van der Waals surface area contributed by atoms with Gasteiger partial charge in [-0.05, 0) is 33.9 Å². The summed E-state index contributed by atoms with van der Waals surface area (Å²) in [5.41, 5.74) is 5.72. The van der Waals surface area contributed by atoms with E-state index in [-0.39, 0.29) is 31.3 Å². The van der Waals surface area contributed by atoms with Gasteiger partial charge in [0.2, 0.25) is 0 Å². The maximum atomic E-state index is 12.0. The molecule has 246 valence electrons. The number of nitrogens with zero attached hydrogens (tertiary/aromatic N) is 1. The lowest BCUT2D eigenvalue weighted by Gasteiger charge is -2.44. The Bertz CT molecular complexity index is 1470. The highest BCUT2D eigenvalue weighted by Gasteiger charge is 2.43. The maximum absolute atomic E-state index is 12.0. The van der Waals surface area contributed by atoms with E-state index in [1.54, 1.807) is 0 Å². The quantitative estimate of drug-likeness (QED) is 0.263. The number of rotatable bonds is 8. The van der Waals surface area contributed by atoms with Crippen molar-refractivity contribution in [3.05, 3.63) is 95.1 Å². The SMILES string of the molecule is C[C@H]1[C@@H](CN2CCC3(CC2)OCCO3)O[C@@H](c2ccc(-c3cccc(CNC(=O)C(Cl)(Cl)Cl)c3)cc2)O[C@H]1c1ccc(CO)cc1. The van der Waals surface area contributed by atoms with E-state index in [1.165, 1.54) is 0 Å². The Labute approximate surface area is 284 Å². The van der Waals surface area contributed by atoms with Gasteiger partial charge < -0.3 is 34.3 Å². The van der Waals surface area contributed by atoms with E-state index < -0.39 is 21.8 Å². The molecule has 46 heavy (non-hydrogen) atoms. The van der Waals surface area contributed by atoms with Crippen LogP contribution < -0.4 is 5.32 Å². The van der Waals surface area contributed by atoms with Crippen LogP contribution in [0.25, 0.3) is 11.1 Å². The second kappa shape index (κ2) is 14.5. The summed E-state index contributed by atoms with van der Waals surface area (Å²) in [7, 11) is 0. The number of hydrogen-bond acceptors (Lipinski definition) is 7. The first-order valence-electron chi connectivity index (χ1n) is 15.7. The zero-order valence-electron chi connectivity index (χ0n) is 25.7. The van der Waals surface area contributed by atoms with Crippen LogP contribution in [0, 0.1) is 5.92 Å². The fourth-order valence-electron chi connectivity index (χ4n) is 6.42. The molecule has 8 nitrogen and oxygen atoms in total. The Kier molecular flexibility index (Phi) is 10.6. The van der Waals surface area contributed by atoms with Crippen LogP contribution in [0.3, 0.4) is 0 Å². The highest BCUT2D eigenvalue weighted by atomic mass is 35.6. The minimum Gasteiger partial charge on any atom is -0.392 e. The molecule has 1 spiro atoms. The Balaban J connectivity index is 1.18. The predicted molar refractivity (Wildman–Crippen MR) is 177 cm³/mol. The van der Waals surface area contributed by atoms with E-state index in [0.717, 1.165) is 65.9 Å². The minimum atomic E-state index is -2.01. The number of halogens is 3. The van der Waals surface area contributed by atoms with Gasteiger partial charge in [0.1, 0.15) is 0 Å². The highest BCUT2D eigenvalue weighted by molar-refractivity contribution is 6.76. The Hall–Kier alpha value is -2.24. The number of carbonyl (C=O) groups excluding carboxylic acids is 1. The number of amides is 1. The van der Waals surface area contributed by atoms with Crippen LogP contribution in [0.15, 0.2) is 72.8 Å². The summed E-state index contributed by atoms with van der Waals surface area (Å²) in [5, 5.41) is 12.2. The van der Waals surface area contributed by atoms with Gasteiger partial charge in [0.05, 0.1) is 32.0 Å². The third-order valence-electron chi connectivity index (χ3n) is 9.15. The number of piperidine rings is 1. The Morgan fingerprint density at radius 1 is 0.913 bits per heavy atom. The van der Waals surface area contributed by atoms with Crippen molar-refractivity contribution in [2.45, 2.75) is 61.0 Å². The van der Waals surface area contributed by atoms with Crippen molar-refractivity contribution in [1.29, 1.82) is 0 Å². The molecule has 3 heterocycles. The van der Waals surface area contributed by atoms with E-state index in [1.807, 2.05) is 72.8 Å². The van der Waals surface area contributed by atoms with Crippen LogP contribution in [0.5, 0.6) is 0 Å². The van der Waals surface area contributed by atoms with E-state index in [9.17, 15) is 9.90 Å². The van der Waals surface area contributed by atoms with Gasteiger partial charge in [0.15, 0.2) is 12.1 Å². The van der Waals surface area contributed by atoms with Crippen molar-refractivity contribution in [2.24, 2.45) is 5.92 Å². The maximum Gasteiger partial charge on any atom is 0.272 e. The topological polar surface area (TPSA) is 89.5 Å². The molecule has 3 aliphatic rings. The van der Waals surface area contributed by atoms with Crippen LogP contribution in [0.1, 0.15) is 54.4 Å². The molecule has 0 aromatic heterocycles. The number of alkyl halides is 3. The molecule has 3 aromatic rings. The Morgan fingerprint density at radius 2 is 1.59 bits per heavy atom. The van der Waals surface area contributed by atoms with Crippen molar-refractivity contribution in [2.75, 3.05) is 32.8 Å². The van der Waals surface area contributed by atoms with Gasteiger partial charge in [-0.15, -0.1) is 0 Å². The van der Waals surface area contributed by atoms with E-state index >= 15 is 0 Å². The molecule has 11 heteroatoms. The van der Waals surface area contributed by atoms with Crippen molar-refractivity contribution in [1.82, 2.24) is 10.2 Å². The fourth-order valence-corrected chi connectivity index (χ4v) is 6.62. The molecule has 6 rings (SSSR count). The lowest BCUT2D eigenvalue weighted by molar-refractivity contribution is -0.278. The minimum absolute atomic E-state index is 0.00154. The van der Waals surface area contributed by atoms with Crippen LogP contribution >= 0.6 is 34.8 Å². The number of carbonyl (C=O) groups is 1.